The molecule has 1 heterocycles. The van der Waals surface area contributed by atoms with Gasteiger partial charge >= 0.3 is 0 Å². The molecule has 0 saturated carbocycles. The van der Waals surface area contributed by atoms with Gasteiger partial charge in [-0.15, -0.1) is 16.4 Å². The summed E-state index contributed by atoms with van der Waals surface area (Å²) < 4.78 is 0. The van der Waals surface area contributed by atoms with Crippen molar-refractivity contribution in [3.05, 3.63) is 46.3 Å². The van der Waals surface area contributed by atoms with Crippen molar-refractivity contribution in [1.82, 2.24) is 0 Å². The number of hydrogen-bond donors (Lipinski definition) is 2. The largest absolute Gasteiger partial charge is 0.369 e. The van der Waals surface area contributed by atoms with Crippen molar-refractivity contribution in [3.63, 3.8) is 0 Å². The molecule has 0 saturated heterocycles. The van der Waals surface area contributed by atoms with Crippen LogP contribution >= 0.6 is 22.9 Å². The maximum absolute atomic E-state index is 6.13. The van der Waals surface area contributed by atoms with Gasteiger partial charge in [0.2, 0.25) is 5.96 Å². The molecule has 0 bridgehead atoms. The van der Waals surface area contributed by atoms with Gasteiger partial charge in [-0.25, -0.2) is 0 Å². The van der Waals surface area contributed by atoms with Gasteiger partial charge < -0.3 is 11.5 Å². The first-order valence-corrected chi connectivity index (χ1v) is 6.33. The van der Waals surface area contributed by atoms with E-state index in [9.17, 15) is 0 Å². The first-order chi connectivity index (χ1) is 8.66. The molecule has 0 aliphatic rings. The number of hydrogen-bond acceptors (Lipinski definition) is 3. The number of nitrogens with zero attached hydrogens (tertiary/aromatic N) is 2. The molecule has 0 unspecified atom stereocenters. The number of benzene rings is 1. The molecule has 0 radical (unpaired) electrons. The summed E-state index contributed by atoms with van der Waals surface area (Å²) in [5.41, 5.74) is 11.4. The second kappa shape index (κ2) is 5.66. The van der Waals surface area contributed by atoms with Gasteiger partial charge in [0.25, 0.3) is 0 Å². The van der Waals surface area contributed by atoms with E-state index >= 15 is 0 Å². The van der Waals surface area contributed by atoms with Crippen molar-refractivity contribution in [1.29, 1.82) is 0 Å². The Bertz CT molecular complexity index is 600. The van der Waals surface area contributed by atoms with Crippen molar-refractivity contribution in [2.45, 2.75) is 0 Å². The molecule has 6 heteroatoms. The standard InChI is InChI=1S/C12H11ClN4S/c13-10-4-2-1-3-9(10)11-6-5-8(18-11)7-16-17-12(14)15/h1-7H,(H4,14,15,17). The van der Waals surface area contributed by atoms with E-state index < -0.39 is 0 Å². The topological polar surface area (TPSA) is 76.8 Å². The Morgan fingerprint density at radius 3 is 2.67 bits per heavy atom. The number of guanidine groups is 1. The molecule has 2 rings (SSSR count). The minimum absolute atomic E-state index is 0.0610. The van der Waals surface area contributed by atoms with E-state index in [2.05, 4.69) is 10.2 Å². The van der Waals surface area contributed by atoms with Gasteiger partial charge in [0, 0.05) is 20.3 Å². The van der Waals surface area contributed by atoms with Crippen LogP contribution in [0.2, 0.25) is 5.02 Å². The first-order valence-electron chi connectivity index (χ1n) is 5.13. The van der Waals surface area contributed by atoms with Gasteiger partial charge in [0.05, 0.1) is 6.21 Å². The van der Waals surface area contributed by atoms with E-state index in [-0.39, 0.29) is 5.96 Å². The molecule has 0 amide bonds. The molecule has 2 aromatic rings. The fourth-order valence-corrected chi connectivity index (χ4v) is 2.59. The van der Waals surface area contributed by atoms with Gasteiger partial charge in [-0.1, -0.05) is 29.8 Å². The minimum atomic E-state index is -0.0610. The predicted octanol–water partition coefficient (Wildman–Crippen LogP) is 2.68. The molecule has 92 valence electrons. The monoisotopic (exact) mass is 278 g/mol. The summed E-state index contributed by atoms with van der Waals surface area (Å²) in [7, 11) is 0. The first kappa shape index (κ1) is 12.6. The highest BCUT2D eigenvalue weighted by Crippen LogP contribution is 2.32. The number of thiophene rings is 1. The van der Waals surface area contributed by atoms with E-state index in [1.807, 2.05) is 36.4 Å². The summed E-state index contributed by atoms with van der Waals surface area (Å²) >= 11 is 7.70. The van der Waals surface area contributed by atoms with Crippen LogP contribution < -0.4 is 11.5 Å². The second-order valence-corrected chi connectivity index (χ2v) is 4.97. The Balaban J connectivity index is 2.24. The number of rotatable bonds is 3. The summed E-state index contributed by atoms with van der Waals surface area (Å²) in [6, 6.07) is 11.6. The van der Waals surface area contributed by atoms with Crippen molar-refractivity contribution >= 4 is 35.1 Å². The molecular weight excluding hydrogens is 268 g/mol. The van der Waals surface area contributed by atoms with Crippen LogP contribution in [-0.2, 0) is 0 Å². The van der Waals surface area contributed by atoms with E-state index in [0.29, 0.717) is 0 Å². The molecule has 0 aliphatic heterocycles. The van der Waals surface area contributed by atoms with Crippen LogP contribution in [0.5, 0.6) is 0 Å². The molecule has 1 aromatic heterocycles. The molecule has 0 fully saturated rings. The van der Waals surface area contributed by atoms with Gasteiger partial charge in [0.1, 0.15) is 0 Å². The summed E-state index contributed by atoms with van der Waals surface area (Å²) in [6.45, 7) is 0. The Morgan fingerprint density at radius 2 is 1.94 bits per heavy atom. The van der Waals surface area contributed by atoms with Crippen LogP contribution in [-0.4, -0.2) is 12.2 Å². The highest BCUT2D eigenvalue weighted by atomic mass is 35.5. The maximum atomic E-state index is 6.13. The Kier molecular flexibility index (Phi) is 3.96. The lowest BCUT2D eigenvalue weighted by atomic mass is 10.2. The van der Waals surface area contributed by atoms with Crippen LogP contribution in [0.1, 0.15) is 4.88 Å². The van der Waals surface area contributed by atoms with Crippen LogP contribution in [0.25, 0.3) is 10.4 Å². The molecule has 18 heavy (non-hydrogen) atoms. The fourth-order valence-electron chi connectivity index (χ4n) is 1.38. The van der Waals surface area contributed by atoms with Crippen molar-refractivity contribution in [3.8, 4) is 10.4 Å². The van der Waals surface area contributed by atoms with Gasteiger partial charge in [0.15, 0.2) is 0 Å². The minimum Gasteiger partial charge on any atom is -0.369 e. The fraction of sp³-hybridized carbons (Fsp3) is 0. The molecule has 1 aromatic carbocycles. The van der Waals surface area contributed by atoms with Crippen molar-refractivity contribution in [2.75, 3.05) is 0 Å². The third-order valence-corrected chi connectivity index (χ3v) is 3.51. The van der Waals surface area contributed by atoms with Crippen LogP contribution in [0.3, 0.4) is 0 Å². The number of nitrogens with two attached hydrogens (primary N) is 2. The smallest absolute Gasteiger partial charge is 0.211 e. The molecular formula is C12H11ClN4S. The zero-order valence-corrected chi connectivity index (χ0v) is 10.9. The van der Waals surface area contributed by atoms with Gasteiger partial charge in [-0.05, 0) is 18.2 Å². The van der Waals surface area contributed by atoms with Crippen LogP contribution in [0.4, 0.5) is 0 Å². The van der Waals surface area contributed by atoms with Crippen LogP contribution in [0.15, 0.2) is 46.6 Å². The second-order valence-electron chi connectivity index (χ2n) is 3.45. The predicted molar refractivity (Wildman–Crippen MR) is 78.2 cm³/mol. The van der Waals surface area contributed by atoms with Crippen molar-refractivity contribution in [2.24, 2.45) is 21.7 Å². The number of halogens is 1. The SMILES string of the molecule is NC(N)=NN=Cc1ccc(-c2ccccc2Cl)s1. The highest BCUT2D eigenvalue weighted by molar-refractivity contribution is 7.17. The summed E-state index contributed by atoms with van der Waals surface area (Å²) in [4.78, 5) is 2.03. The summed E-state index contributed by atoms with van der Waals surface area (Å²) in [6.07, 6.45) is 1.60. The lowest BCUT2D eigenvalue weighted by Gasteiger charge is -1.98. The molecule has 4 nitrogen and oxygen atoms in total. The van der Waals surface area contributed by atoms with Crippen LogP contribution in [0, 0.1) is 0 Å². The van der Waals surface area contributed by atoms with E-state index in [1.165, 1.54) is 0 Å². The van der Waals surface area contributed by atoms with E-state index in [1.54, 1.807) is 17.6 Å². The molecule has 0 aliphatic carbocycles. The Labute approximate surface area is 114 Å². The maximum Gasteiger partial charge on any atom is 0.211 e. The molecule has 0 atom stereocenters. The molecule has 4 N–H and O–H groups in total. The highest BCUT2D eigenvalue weighted by Gasteiger charge is 2.04. The third kappa shape index (κ3) is 3.09. The quantitative estimate of drug-likeness (QED) is 0.514. The van der Waals surface area contributed by atoms with Crippen molar-refractivity contribution < 1.29 is 0 Å². The average molecular weight is 279 g/mol. The van der Waals surface area contributed by atoms with Gasteiger partial charge in [-0.2, -0.15) is 5.10 Å². The zero-order valence-electron chi connectivity index (χ0n) is 9.38. The summed E-state index contributed by atoms with van der Waals surface area (Å²) in [5, 5.41) is 8.03. The third-order valence-electron chi connectivity index (χ3n) is 2.12. The normalized spacial score (nSPS) is 10.7. The van der Waals surface area contributed by atoms with Gasteiger partial charge in [-0.3, -0.25) is 0 Å². The average Bonchev–Trinajstić information content (AvgIpc) is 2.78. The Hall–Kier alpha value is -1.85. The lowest BCUT2D eigenvalue weighted by Crippen LogP contribution is -2.21. The zero-order chi connectivity index (χ0) is 13.0. The Morgan fingerprint density at radius 1 is 1.17 bits per heavy atom. The molecule has 0 spiro atoms. The lowest BCUT2D eigenvalue weighted by molar-refractivity contribution is 1.22. The van der Waals surface area contributed by atoms with E-state index in [0.717, 1.165) is 20.3 Å². The van der Waals surface area contributed by atoms with E-state index in [4.69, 9.17) is 23.1 Å². The summed E-state index contributed by atoms with van der Waals surface area (Å²) in [5.74, 6) is -0.0610.